The van der Waals surface area contributed by atoms with Gasteiger partial charge in [0.2, 0.25) is 0 Å². The Morgan fingerprint density at radius 2 is 1.81 bits per heavy atom. The second kappa shape index (κ2) is 8.47. The Morgan fingerprint density at radius 3 is 2.56 bits per heavy atom. The van der Waals surface area contributed by atoms with Gasteiger partial charge in [0.25, 0.3) is 0 Å². The average molecular weight is 494 g/mol. The molecule has 36 heavy (non-hydrogen) atoms. The SMILES string of the molecule is COC[C@H]1C(C)=C(N2CCOCC2)CC2=C1[C@@]1(OC)C3=C(OC)[C@H]4CCCCC4=C3[C@@]23CCCC[C@H]31. The van der Waals surface area contributed by atoms with Gasteiger partial charge in [0.1, 0.15) is 11.4 Å². The van der Waals surface area contributed by atoms with Crippen LogP contribution in [0, 0.1) is 23.2 Å². The van der Waals surface area contributed by atoms with Crippen LogP contribution in [0.15, 0.2) is 44.9 Å². The molecule has 1 heterocycles. The molecular formula is C31H43NO4. The summed E-state index contributed by atoms with van der Waals surface area (Å²) in [5.74, 6) is 2.48. The van der Waals surface area contributed by atoms with Gasteiger partial charge in [-0.05, 0) is 55.7 Å². The van der Waals surface area contributed by atoms with E-state index in [-0.39, 0.29) is 16.9 Å². The van der Waals surface area contributed by atoms with E-state index in [9.17, 15) is 0 Å². The van der Waals surface area contributed by atoms with Gasteiger partial charge in [-0.15, -0.1) is 0 Å². The predicted molar refractivity (Wildman–Crippen MR) is 139 cm³/mol. The topological polar surface area (TPSA) is 40.2 Å². The van der Waals surface area contributed by atoms with Crippen LogP contribution in [0.4, 0.5) is 0 Å². The smallest absolute Gasteiger partial charge is 0.122 e. The first kappa shape index (κ1) is 23.5. The summed E-state index contributed by atoms with van der Waals surface area (Å²) in [5, 5.41) is 0. The number of nitrogens with zero attached hydrogens (tertiary/aromatic N) is 1. The molecule has 6 aliphatic carbocycles. The minimum absolute atomic E-state index is 0.119. The zero-order chi connectivity index (χ0) is 24.7. The summed E-state index contributed by atoms with van der Waals surface area (Å²) >= 11 is 0. The van der Waals surface area contributed by atoms with E-state index in [1.807, 2.05) is 21.3 Å². The molecule has 7 rings (SSSR count). The minimum Gasteiger partial charge on any atom is -0.500 e. The summed E-state index contributed by atoms with van der Waals surface area (Å²) in [5.41, 5.74) is 10.9. The van der Waals surface area contributed by atoms with Crippen molar-refractivity contribution in [2.75, 3.05) is 54.2 Å². The Labute approximate surface area is 216 Å². The summed E-state index contributed by atoms with van der Waals surface area (Å²) in [7, 11) is 5.77. The van der Waals surface area contributed by atoms with E-state index in [4.69, 9.17) is 18.9 Å². The van der Waals surface area contributed by atoms with E-state index < -0.39 is 0 Å². The molecule has 0 aromatic heterocycles. The first-order valence-electron chi connectivity index (χ1n) is 14.5. The molecule has 4 fully saturated rings. The highest BCUT2D eigenvalue weighted by atomic mass is 16.5. The maximum absolute atomic E-state index is 6.94. The van der Waals surface area contributed by atoms with Crippen LogP contribution in [-0.2, 0) is 18.9 Å². The zero-order valence-corrected chi connectivity index (χ0v) is 22.7. The number of allylic oxidation sites excluding steroid dienone is 2. The number of rotatable bonds is 5. The monoisotopic (exact) mass is 493 g/mol. The molecule has 196 valence electrons. The average Bonchev–Trinajstić information content (AvgIpc) is 3.49. The molecule has 0 aromatic carbocycles. The second-order valence-corrected chi connectivity index (χ2v) is 12.2. The van der Waals surface area contributed by atoms with Gasteiger partial charge >= 0.3 is 0 Å². The number of methoxy groups -OCH3 is 3. The first-order valence-corrected chi connectivity index (χ1v) is 14.5. The van der Waals surface area contributed by atoms with E-state index in [1.165, 1.54) is 74.0 Å². The molecule has 0 spiro atoms. The third-order valence-electron chi connectivity index (χ3n) is 11.2. The van der Waals surface area contributed by atoms with Crippen LogP contribution in [0.2, 0.25) is 0 Å². The van der Waals surface area contributed by atoms with E-state index >= 15 is 0 Å². The summed E-state index contributed by atoms with van der Waals surface area (Å²) in [6, 6.07) is 0. The van der Waals surface area contributed by atoms with Crippen molar-refractivity contribution in [3.8, 4) is 0 Å². The molecule has 2 bridgehead atoms. The van der Waals surface area contributed by atoms with Crippen molar-refractivity contribution >= 4 is 0 Å². The van der Waals surface area contributed by atoms with Gasteiger partial charge in [-0.2, -0.15) is 0 Å². The summed E-state index contributed by atoms with van der Waals surface area (Å²) in [6.07, 6.45) is 11.3. The molecule has 5 heteroatoms. The highest BCUT2D eigenvalue weighted by Crippen LogP contribution is 2.79. The lowest BCUT2D eigenvalue weighted by molar-refractivity contribution is -0.0153. The molecule has 0 N–H and O–H groups in total. The van der Waals surface area contributed by atoms with Crippen molar-refractivity contribution in [1.82, 2.24) is 4.90 Å². The highest BCUT2D eigenvalue weighted by Gasteiger charge is 2.75. The van der Waals surface area contributed by atoms with E-state index in [2.05, 4.69) is 11.8 Å². The third-order valence-corrected chi connectivity index (χ3v) is 11.2. The van der Waals surface area contributed by atoms with Crippen LogP contribution in [0.1, 0.15) is 64.7 Å². The lowest BCUT2D eigenvalue weighted by Crippen LogP contribution is -2.44. The minimum atomic E-state index is -0.359. The van der Waals surface area contributed by atoms with Gasteiger partial charge in [0.15, 0.2) is 0 Å². The fourth-order valence-electron chi connectivity index (χ4n) is 10.0. The molecule has 1 aliphatic heterocycles. The fourth-order valence-corrected chi connectivity index (χ4v) is 10.0. The van der Waals surface area contributed by atoms with Crippen molar-refractivity contribution in [3.63, 3.8) is 0 Å². The van der Waals surface area contributed by atoms with Crippen LogP contribution in [-0.4, -0.2) is 64.7 Å². The standard InChI is InChI=1S/C31H43NO4/c1-19-22(18-33-2)26-23(17-24(19)32-13-15-36-16-14-32)30-12-8-7-11-25(30)31(26,35-4)28-27(30)20-9-5-6-10-21(20)29(28)34-3/h21-22,25H,5-18H2,1-4H3/t21-,22-,25+,30-,31+/m0/s1. The largest absolute Gasteiger partial charge is 0.500 e. The molecule has 0 radical (unpaired) electrons. The highest BCUT2D eigenvalue weighted by molar-refractivity contribution is 5.74. The summed E-state index contributed by atoms with van der Waals surface area (Å²) in [6.45, 7) is 6.74. The van der Waals surface area contributed by atoms with Gasteiger partial charge in [0, 0.05) is 68.2 Å². The van der Waals surface area contributed by atoms with Gasteiger partial charge < -0.3 is 23.8 Å². The van der Waals surface area contributed by atoms with Crippen molar-refractivity contribution in [3.05, 3.63) is 44.9 Å². The van der Waals surface area contributed by atoms with Crippen LogP contribution >= 0.6 is 0 Å². The Bertz CT molecular complexity index is 1090. The van der Waals surface area contributed by atoms with Gasteiger partial charge in [-0.3, -0.25) is 0 Å². The lowest BCUT2D eigenvalue weighted by Gasteiger charge is -2.46. The molecule has 5 nitrogen and oxygen atoms in total. The Morgan fingerprint density at radius 1 is 1.00 bits per heavy atom. The molecule has 0 unspecified atom stereocenters. The van der Waals surface area contributed by atoms with E-state index in [1.54, 1.807) is 22.3 Å². The quantitative estimate of drug-likeness (QED) is 0.470. The number of hydrogen-bond donors (Lipinski definition) is 0. The van der Waals surface area contributed by atoms with Crippen LogP contribution < -0.4 is 0 Å². The second-order valence-electron chi connectivity index (χ2n) is 12.2. The van der Waals surface area contributed by atoms with Crippen LogP contribution in [0.5, 0.6) is 0 Å². The fraction of sp³-hybridized carbons (Fsp3) is 0.742. The molecule has 0 aromatic rings. The Kier molecular flexibility index (Phi) is 5.54. The lowest BCUT2D eigenvalue weighted by atomic mass is 9.60. The third kappa shape index (κ3) is 2.68. The molecule has 3 saturated carbocycles. The van der Waals surface area contributed by atoms with Gasteiger partial charge in [-0.25, -0.2) is 0 Å². The molecule has 7 aliphatic rings. The van der Waals surface area contributed by atoms with E-state index in [0.717, 1.165) is 39.3 Å². The maximum atomic E-state index is 6.94. The Hall–Kier alpha value is -1.56. The normalized spacial score (nSPS) is 39.6. The Balaban J connectivity index is 1.49. The van der Waals surface area contributed by atoms with Crippen molar-refractivity contribution in [1.29, 1.82) is 0 Å². The molecular weight excluding hydrogens is 450 g/mol. The summed E-state index contributed by atoms with van der Waals surface area (Å²) < 4.78 is 25.0. The van der Waals surface area contributed by atoms with Crippen LogP contribution in [0.3, 0.4) is 0 Å². The predicted octanol–water partition coefficient (Wildman–Crippen LogP) is 5.55. The van der Waals surface area contributed by atoms with Gasteiger partial charge in [0.05, 0.1) is 26.9 Å². The van der Waals surface area contributed by atoms with E-state index in [0.29, 0.717) is 11.8 Å². The van der Waals surface area contributed by atoms with Crippen molar-refractivity contribution in [2.24, 2.45) is 23.2 Å². The molecule has 1 saturated heterocycles. The zero-order valence-electron chi connectivity index (χ0n) is 22.7. The number of ether oxygens (including phenoxy) is 4. The van der Waals surface area contributed by atoms with Crippen LogP contribution in [0.25, 0.3) is 0 Å². The molecule has 5 atom stereocenters. The van der Waals surface area contributed by atoms with Crippen molar-refractivity contribution < 1.29 is 18.9 Å². The van der Waals surface area contributed by atoms with Gasteiger partial charge in [-0.1, -0.05) is 30.4 Å². The number of fused-ring (bicyclic) bond motifs is 4. The van der Waals surface area contributed by atoms with Crippen molar-refractivity contribution in [2.45, 2.75) is 70.3 Å². The maximum Gasteiger partial charge on any atom is 0.122 e. The first-order chi connectivity index (χ1) is 17.6. The molecule has 0 amide bonds. The number of hydrogen-bond acceptors (Lipinski definition) is 5. The number of morpholine rings is 1. The summed E-state index contributed by atoms with van der Waals surface area (Å²) in [4.78, 5) is 2.62.